The smallest absolute Gasteiger partial charge is 0.337 e. The summed E-state index contributed by atoms with van der Waals surface area (Å²) >= 11 is 0. The van der Waals surface area contributed by atoms with E-state index < -0.39 is 232 Å². The number of carboxylic acids is 12. The highest BCUT2D eigenvalue weighted by molar-refractivity contribution is 7.94. The largest absolute Gasteiger partial charge is 0.478 e. The van der Waals surface area contributed by atoms with Gasteiger partial charge in [0.1, 0.15) is 0 Å². The van der Waals surface area contributed by atoms with E-state index in [-0.39, 0.29) is 72.8 Å². The first-order valence-electron chi connectivity index (χ1n) is 21.8. The molecular weight excluding hydrogens is 1250 g/mol. The van der Waals surface area contributed by atoms with E-state index in [1.54, 1.807) is 18.9 Å². The summed E-state index contributed by atoms with van der Waals surface area (Å²) in [4.78, 5) is 139. The molecule has 0 bridgehead atoms. The van der Waals surface area contributed by atoms with Crippen molar-refractivity contribution >= 4 is 145 Å². The third-order valence-corrected chi connectivity index (χ3v) is 16.9. The van der Waals surface area contributed by atoms with Gasteiger partial charge in [-0.25, -0.2) is 91.2 Å². The van der Waals surface area contributed by atoms with E-state index in [1.165, 1.54) is 0 Å². The van der Waals surface area contributed by atoms with Gasteiger partial charge in [0, 0.05) is 5.39 Å². The first-order chi connectivity index (χ1) is 39.5. The zero-order valence-electron chi connectivity index (χ0n) is 41.1. The molecule has 0 atom stereocenters. The zero-order chi connectivity index (χ0) is 64.9. The van der Waals surface area contributed by atoms with Gasteiger partial charge in [-0.3, -0.25) is 18.9 Å². The van der Waals surface area contributed by atoms with Gasteiger partial charge in [-0.05, 0) is 78.2 Å². The Kier molecular flexibility index (Phi) is 16.6. The maximum atomic E-state index is 14.9. The minimum atomic E-state index is -6.14. The highest BCUT2D eigenvalue weighted by Crippen LogP contribution is 2.39. The molecule has 0 aliphatic carbocycles. The van der Waals surface area contributed by atoms with Gasteiger partial charge in [0.25, 0.3) is 40.1 Å². The normalized spacial score (nSPS) is 11.6. The van der Waals surface area contributed by atoms with Crippen LogP contribution in [-0.2, 0) is 40.1 Å². The van der Waals surface area contributed by atoms with Crippen LogP contribution in [0.25, 0.3) is 10.8 Å². The second-order valence-corrected chi connectivity index (χ2v) is 23.5. The number of hydrogen-bond acceptors (Lipinski definition) is 20. The number of aromatic carboxylic acids is 12. The molecular formula is C46H28N4O32S4. The number of sulfonamides is 4. The fourth-order valence-corrected chi connectivity index (χ4v) is 13.1. The van der Waals surface area contributed by atoms with Crippen LogP contribution in [0.5, 0.6) is 0 Å². The van der Waals surface area contributed by atoms with E-state index in [1.807, 2.05) is 0 Å². The molecule has 0 saturated heterocycles. The van der Waals surface area contributed by atoms with E-state index in [0.29, 0.717) is 0 Å². The van der Waals surface area contributed by atoms with Gasteiger partial charge in [0.05, 0.1) is 109 Å². The lowest BCUT2D eigenvalue weighted by Gasteiger charge is -2.20. The van der Waals surface area contributed by atoms with Gasteiger partial charge in [-0.2, -0.15) is 0 Å². The van der Waals surface area contributed by atoms with Crippen LogP contribution in [0, 0.1) is 0 Å². The minimum absolute atomic E-state index is 0.0559. The molecule has 0 fully saturated rings. The van der Waals surface area contributed by atoms with E-state index in [0.717, 1.165) is 0 Å². The Balaban J connectivity index is 1.82. The molecule has 86 heavy (non-hydrogen) atoms. The Morgan fingerprint density at radius 3 is 0.581 bits per heavy atom. The Morgan fingerprint density at radius 1 is 0.244 bits per heavy atom. The fraction of sp³-hybridized carbons (Fsp3) is 0. The van der Waals surface area contributed by atoms with E-state index >= 15 is 0 Å². The molecule has 6 aromatic rings. The predicted molar refractivity (Wildman–Crippen MR) is 276 cm³/mol. The molecule has 6 aromatic carbocycles. The van der Waals surface area contributed by atoms with Gasteiger partial charge in [0.2, 0.25) is 0 Å². The number of benzene rings is 6. The Morgan fingerprint density at radius 2 is 0.419 bits per heavy atom. The van der Waals surface area contributed by atoms with Gasteiger partial charge in [0.15, 0.2) is 0 Å². The predicted octanol–water partition coefficient (Wildman–Crippen LogP) is 2.42. The number of anilines is 4. The van der Waals surface area contributed by atoms with Crippen LogP contribution in [0.15, 0.2) is 92.4 Å². The van der Waals surface area contributed by atoms with Crippen LogP contribution in [0.1, 0.15) is 124 Å². The van der Waals surface area contributed by atoms with Gasteiger partial charge >= 0.3 is 71.6 Å². The van der Waals surface area contributed by atoms with Crippen molar-refractivity contribution in [2.75, 3.05) is 18.9 Å². The third-order valence-electron chi connectivity index (χ3n) is 11.4. The second kappa shape index (κ2) is 22.5. The van der Waals surface area contributed by atoms with Crippen LogP contribution in [0.3, 0.4) is 0 Å². The maximum absolute atomic E-state index is 14.9. The molecule has 0 saturated carbocycles. The summed E-state index contributed by atoms with van der Waals surface area (Å²) in [6.45, 7) is 0. The Labute approximate surface area is 473 Å². The van der Waals surface area contributed by atoms with E-state index in [2.05, 4.69) is 0 Å². The summed E-state index contributed by atoms with van der Waals surface area (Å²) in [5.74, 6) is -26.7. The van der Waals surface area contributed by atoms with E-state index in [9.17, 15) is 152 Å². The van der Waals surface area contributed by atoms with Crippen LogP contribution < -0.4 is 18.9 Å². The highest BCUT2D eigenvalue weighted by Gasteiger charge is 2.36. The van der Waals surface area contributed by atoms with Gasteiger partial charge in [-0.1, -0.05) is 0 Å². The molecule has 36 nitrogen and oxygen atoms in total. The molecule has 0 aliphatic rings. The van der Waals surface area contributed by atoms with E-state index in [4.69, 9.17) is 0 Å². The fourth-order valence-electron chi connectivity index (χ4n) is 8.04. The number of carboxylic acid groups (broad SMARTS) is 12. The molecule has 6 rings (SSSR count). The summed E-state index contributed by atoms with van der Waals surface area (Å²) in [7, 11) is -24.0. The molecule has 0 heterocycles. The molecule has 0 aromatic heterocycles. The van der Waals surface area contributed by atoms with Crippen molar-refractivity contribution < 1.29 is 152 Å². The molecule has 16 N–H and O–H groups in total. The molecule has 0 radical (unpaired) electrons. The Hall–Kier alpha value is -11.8. The standard InChI is InChI=1S/C46H28N4O32S4/c51-35(52)20-3-14(4-21(36(53)54)31(20)43(67)68)47-83(75,76)18-1-13-2-19(84(77,78)48-15-5-22(37(55)56)32(44(69)70)23(6-15)38(57)58)12-29(86(81,82)50-17-9-26(41(63)64)34(46(73)74)27(10-17)42(65)66)30(13)28(11-18)85(79,80)49-16-7-24(39(59)60)33(45(71)72)25(8-16)40(61)62/h1-12,47-50H,(H,51,52)(H,53,54)(H,55,56)(H,57,58)(H,59,60)(H,61,62)(H,63,64)(H,65,66)(H,67,68)(H,69,70)(H,71,72)(H,73,74). The molecule has 448 valence electrons. The van der Waals surface area contributed by atoms with Gasteiger partial charge < -0.3 is 61.3 Å². The maximum Gasteiger partial charge on any atom is 0.337 e. The summed E-state index contributed by atoms with van der Waals surface area (Å²) in [6, 6.07) is 1.72. The number of carbonyl (C=O) groups is 12. The molecule has 0 amide bonds. The lowest BCUT2D eigenvalue weighted by atomic mass is 10.00. The summed E-state index contributed by atoms with van der Waals surface area (Å²) < 4.78 is 124. The average molecular weight is 1280 g/mol. The minimum Gasteiger partial charge on any atom is -0.478 e. The van der Waals surface area contributed by atoms with Crippen LogP contribution >= 0.6 is 0 Å². The second-order valence-electron chi connectivity index (χ2n) is 16.8. The lowest BCUT2D eigenvalue weighted by molar-refractivity contribution is 0.0632. The van der Waals surface area contributed by atoms with Crippen molar-refractivity contribution in [3.63, 3.8) is 0 Å². The van der Waals surface area contributed by atoms with Crippen molar-refractivity contribution in [1.82, 2.24) is 0 Å². The summed E-state index contributed by atoms with van der Waals surface area (Å²) in [5.41, 5.74) is -22.4. The first-order valence-corrected chi connectivity index (χ1v) is 27.7. The number of rotatable bonds is 24. The van der Waals surface area contributed by atoms with Crippen molar-refractivity contribution in [2.24, 2.45) is 0 Å². The summed E-state index contributed by atoms with van der Waals surface area (Å²) in [5, 5.41) is 115. The number of nitrogens with one attached hydrogen (secondary N) is 4. The number of hydrogen-bond donors (Lipinski definition) is 16. The van der Waals surface area contributed by atoms with Crippen molar-refractivity contribution in [3.05, 3.63) is 140 Å². The third kappa shape index (κ3) is 12.4. The molecule has 40 heteroatoms. The topological polar surface area (TPSA) is 632 Å². The first kappa shape index (κ1) is 63.4. The van der Waals surface area contributed by atoms with Crippen molar-refractivity contribution in [2.45, 2.75) is 19.6 Å². The van der Waals surface area contributed by atoms with Gasteiger partial charge in [-0.15, -0.1) is 0 Å². The van der Waals surface area contributed by atoms with Crippen molar-refractivity contribution in [3.8, 4) is 0 Å². The monoisotopic (exact) mass is 1280 g/mol. The average Bonchev–Trinajstić information content (AvgIpc) is 0.819. The zero-order valence-corrected chi connectivity index (χ0v) is 44.4. The van der Waals surface area contributed by atoms with Crippen LogP contribution in [-0.4, -0.2) is 167 Å². The molecule has 0 spiro atoms. The quantitative estimate of drug-likeness (QED) is 0.0414. The van der Waals surface area contributed by atoms with Crippen LogP contribution in [0.4, 0.5) is 22.7 Å². The Bertz CT molecular complexity index is 4260. The highest BCUT2D eigenvalue weighted by atomic mass is 32.2. The number of fused-ring (bicyclic) bond motifs is 1. The van der Waals surface area contributed by atoms with Crippen molar-refractivity contribution in [1.29, 1.82) is 0 Å². The SMILES string of the molecule is O=C(O)c1cc(NS(=O)(=O)c2cc(S(=O)(=O)Nc3cc(C(=O)O)c(C(=O)O)c(C(=O)O)c3)c3c(S(=O)(=O)Nc4cc(C(=O)O)c(C(=O)O)c(C(=O)O)c4)cc(S(=O)(=O)Nc4cc(C(=O)O)c(C(=O)O)c(C(=O)O)c4)cc3c2)cc(C(=O)O)c1C(=O)O. The molecule has 0 aliphatic heterocycles. The lowest BCUT2D eigenvalue weighted by Crippen LogP contribution is -2.22. The van der Waals surface area contributed by atoms with Crippen LogP contribution in [0.2, 0.25) is 0 Å². The molecule has 0 unspecified atom stereocenters. The summed E-state index contributed by atoms with van der Waals surface area (Å²) in [6.07, 6.45) is 0.